The number of hydrogen-bond acceptors (Lipinski definition) is 4. The molecule has 4 heteroatoms. The van der Waals surface area contributed by atoms with Gasteiger partial charge in [0.2, 0.25) is 0 Å². The largest absolute Gasteiger partial charge is 0.397 e. The summed E-state index contributed by atoms with van der Waals surface area (Å²) in [6, 6.07) is 6.83. The monoisotopic (exact) mass is 270 g/mol. The Kier molecular flexibility index (Phi) is 3.49. The van der Waals surface area contributed by atoms with Crippen molar-refractivity contribution in [3.8, 4) is 0 Å². The Labute approximate surface area is 120 Å². The number of hydrogen-bond donors (Lipinski definition) is 1. The lowest BCUT2D eigenvalue weighted by molar-refractivity contribution is 0.314. The minimum atomic E-state index is 0.632. The summed E-state index contributed by atoms with van der Waals surface area (Å²) in [6.45, 7) is 2.23. The molecular weight excluding hydrogens is 248 g/mol. The van der Waals surface area contributed by atoms with Crippen molar-refractivity contribution in [1.82, 2.24) is 9.88 Å². The molecule has 0 aliphatic carbocycles. The molecule has 1 saturated heterocycles. The van der Waals surface area contributed by atoms with Crippen LogP contribution >= 0.6 is 0 Å². The SMILES string of the molecule is CN(CC1CCCN1C)c1ccc2cnccc2c1N. The van der Waals surface area contributed by atoms with Gasteiger partial charge < -0.3 is 15.5 Å². The molecule has 0 spiro atoms. The third-order valence-corrected chi connectivity index (χ3v) is 4.41. The number of aromatic nitrogens is 1. The van der Waals surface area contributed by atoms with Crippen molar-refractivity contribution >= 4 is 22.1 Å². The topological polar surface area (TPSA) is 45.4 Å². The molecule has 1 unspecified atom stereocenters. The first-order chi connectivity index (χ1) is 9.66. The van der Waals surface area contributed by atoms with E-state index in [1.54, 1.807) is 6.20 Å². The highest BCUT2D eigenvalue weighted by atomic mass is 15.2. The fourth-order valence-electron chi connectivity index (χ4n) is 3.14. The second-order valence-electron chi connectivity index (χ2n) is 5.75. The van der Waals surface area contributed by atoms with Crippen molar-refractivity contribution < 1.29 is 0 Å². The molecule has 2 N–H and O–H groups in total. The normalized spacial score (nSPS) is 19.6. The van der Waals surface area contributed by atoms with Gasteiger partial charge in [0.25, 0.3) is 0 Å². The maximum Gasteiger partial charge on any atom is 0.0632 e. The van der Waals surface area contributed by atoms with Gasteiger partial charge in [0.15, 0.2) is 0 Å². The van der Waals surface area contributed by atoms with Gasteiger partial charge in [-0.2, -0.15) is 0 Å². The third-order valence-electron chi connectivity index (χ3n) is 4.41. The van der Waals surface area contributed by atoms with Crippen molar-refractivity contribution in [1.29, 1.82) is 0 Å². The Hall–Kier alpha value is -1.81. The maximum absolute atomic E-state index is 6.35. The molecule has 1 atom stereocenters. The zero-order valence-corrected chi connectivity index (χ0v) is 12.2. The number of benzene rings is 1. The Bertz CT molecular complexity index is 610. The number of nitrogens with zero attached hydrogens (tertiary/aromatic N) is 3. The summed E-state index contributed by atoms with van der Waals surface area (Å²) in [6.07, 6.45) is 6.24. The number of likely N-dealkylation sites (tertiary alicyclic amines) is 1. The molecule has 2 heterocycles. The van der Waals surface area contributed by atoms with Crippen LogP contribution in [0.2, 0.25) is 0 Å². The Balaban J connectivity index is 1.87. The average molecular weight is 270 g/mol. The molecule has 0 radical (unpaired) electrons. The smallest absolute Gasteiger partial charge is 0.0632 e. The second kappa shape index (κ2) is 5.29. The average Bonchev–Trinajstić information content (AvgIpc) is 2.85. The van der Waals surface area contributed by atoms with Crippen LogP contribution in [0.3, 0.4) is 0 Å². The Morgan fingerprint density at radius 2 is 2.25 bits per heavy atom. The molecule has 1 aliphatic heterocycles. The van der Waals surface area contributed by atoms with Crippen LogP contribution in [0, 0.1) is 0 Å². The van der Waals surface area contributed by atoms with E-state index in [0.29, 0.717) is 6.04 Å². The summed E-state index contributed by atoms with van der Waals surface area (Å²) in [4.78, 5) is 8.87. The second-order valence-corrected chi connectivity index (χ2v) is 5.75. The summed E-state index contributed by atoms with van der Waals surface area (Å²) in [5.74, 6) is 0. The van der Waals surface area contributed by atoms with E-state index in [9.17, 15) is 0 Å². The highest BCUT2D eigenvalue weighted by molar-refractivity contribution is 5.98. The van der Waals surface area contributed by atoms with Gasteiger partial charge in [-0.3, -0.25) is 4.98 Å². The standard InChI is InChI=1S/C16H22N4/c1-19-9-3-4-13(19)11-20(2)15-6-5-12-10-18-8-7-14(12)16(15)17/h5-8,10,13H,3-4,9,11,17H2,1-2H3. The summed E-state index contributed by atoms with van der Waals surface area (Å²) in [5, 5.41) is 2.18. The van der Waals surface area contributed by atoms with Gasteiger partial charge in [0.05, 0.1) is 11.4 Å². The van der Waals surface area contributed by atoms with Crippen LogP contribution in [-0.4, -0.2) is 43.1 Å². The van der Waals surface area contributed by atoms with Crippen molar-refractivity contribution in [2.75, 3.05) is 37.8 Å². The molecule has 1 aromatic heterocycles. The van der Waals surface area contributed by atoms with Crippen molar-refractivity contribution in [2.45, 2.75) is 18.9 Å². The number of fused-ring (bicyclic) bond motifs is 1. The molecule has 0 amide bonds. The van der Waals surface area contributed by atoms with Gasteiger partial charge in [-0.1, -0.05) is 6.07 Å². The van der Waals surface area contributed by atoms with Crippen LogP contribution in [0.15, 0.2) is 30.6 Å². The van der Waals surface area contributed by atoms with E-state index >= 15 is 0 Å². The van der Waals surface area contributed by atoms with E-state index in [1.807, 2.05) is 12.3 Å². The van der Waals surface area contributed by atoms with Gasteiger partial charge in [-0.25, -0.2) is 0 Å². The zero-order chi connectivity index (χ0) is 14.1. The highest BCUT2D eigenvalue weighted by Gasteiger charge is 2.22. The van der Waals surface area contributed by atoms with E-state index < -0.39 is 0 Å². The predicted molar refractivity (Wildman–Crippen MR) is 85.1 cm³/mol. The molecule has 2 aromatic rings. The van der Waals surface area contributed by atoms with Gasteiger partial charge in [-0.05, 0) is 38.6 Å². The minimum Gasteiger partial charge on any atom is -0.397 e. The van der Waals surface area contributed by atoms with E-state index in [-0.39, 0.29) is 0 Å². The third kappa shape index (κ3) is 2.31. The van der Waals surface area contributed by atoms with Crippen LogP contribution in [0.5, 0.6) is 0 Å². The Morgan fingerprint density at radius 1 is 1.40 bits per heavy atom. The first-order valence-corrected chi connectivity index (χ1v) is 7.20. The predicted octanol–water partition coefficient (Wildman–Crippen LogP) is 2.35. The van der Waals surface area contributed by atoms with Gasteiger partial charge in [0.1, 0.15) is 0 Å². The molecule has 1 fully saturated rings. The van der Waals surface area contributed by atoms with Crippen molar-refractivity contribution in [3.63, 3.8) is 0 Å². The molecule has 1 aliphatic rings. The number of nitrogens with two attached hydrogens (primary N) is 1. The van der Waals surface area contributed by atoms with Crippen molar-refractivity contribution in [2.24, 2.45) is 0 Å². The number of pyridine rings is 1. The number of rotatable bonds is 3. The van der Waals surface area contributed by atoms with Crippen molar-refractivity contribution in [3.05, 3.63) is 30.6 Å². The van der Waals surface area contributed by atoms with E-state index in [4.69, 9.17) is 5.73 Å². The summed E-state index contributed by atoms with van der Waals surface area (Å²) < 4.78 is 0. The number of likely N-dealkylation sites (N-methyl/N-ethyl adjacent to an activating group) is 2. The van der Waals surface area contributed by atoms with Crippen LogP contribution in [0.4, 0.5) is 11.4 Å². The molecular formula is C16H22N4. The molecule has 3 rings (SSSR count). The molecule has 106 valence electrons. The van der Waals surface area contributed by atoms with Gasteiger partial charge in [-0.15, -0.1) is 0 Å². The summed E-state index contributed by atoms with van der Waals surface area (Å²) in [7, 11) is 4.34. The van der Waals surface area contributed by atoms with Gasteiger partial charge >= 0.3 is 0 Å². The number of anilines is 2. The first-order valence-electron chi connectivity index (χ1n) is 7.20. The molecule has 20 heavy (non-hydrogen) atoms. The van der Waals surface area contributed by atoms with Crippen LogP contribution < -0.4 is 10.6 Å². The lowest BCUT2D eigenvalue weighted by Crippen LogP contribution is -2.36. The van der Waals surface area contributed by atoms with Crippen LogP contribution in [0.25, 0.3) is 10.8 Å². The zero-order valence-electron chi connectivity index (χ0n) is 12.2. The van der Waals surface area contributed by atoms with E-state index in [0.717, 1.165) is 28.7 Å². The quantitative estimate of drug-likeness (QED) is 0.870. The number of nitrogen functional groups attached to an aromatic ring is 1. The van der Waals surface area contributed by atoms with Crippen LogP contribution in [0.1, 0.15) is 12.8 Å². The fourth-order valence-corrected chi connectivity index (χ4v) is 3.14. The maximum atomic E-state index is 6.35. The van der Waals surface area contributed by atoms with E-state index in [1.165, 1.54) is 19.4 Å². The molecule has 0 bridgehead atoms. The Morgan fingerprint density at radius 3 is 3.00 bits per heavy atom. The molecule has 1 aromatic carbocycles. The first kappa shape index (κ1) is 13.2. The lowest BCUT2D eigenvalue weighted by atomic mass is 10.1. The lowest BCUT2D eigenvalue weighted by Gasteiger charge is -2.28. The van der Waals surface area contributed by atoms with Crippen LogP contribution in [-0.2, 0) is 0 Å². The fraction of sp³-hybridized carbons (Fsp3) is 0.438. The van der Waals surface area contributed by atoms with E-state index in [2.05, 4.69) is 41.0 Å². The minimum absolute atomic E-state index is 0.632. The molecule has 4 nitrogen and oxygen atoms in total. The van der Waals surface area contributed by atoms with Gasteiger partial charge in [0, 0.05) is 42.8 Å². The molecule has 0 saturated carbocycles. The summed E-state index contributed by atoms with van der Waals surface area (Å²) >= 11 is 0. The summed E-state index contributed by atoms with van der Waals surface area (Å²) in [5.41, 5.74) is 8.32. The highest BCUT2D eigenvalue weighted by Crippen LogP contribution is 2.31.